The van der Waals surface area contributed by atoms with E-state index in [4.69, 9.17) is 5.11 Å². The SMILES string of the molecule is CCCCCCCCCC(CCC(C)CCC)CC(=O)O. The largest absolute Gasteiger partial charge is 0.481 e. The van der Waals surface area contributed by atoms with Crippen LogP contribution in [0.2, 0.25) is 0 Å². The molecule has 0 fully saturated rings. The maximum atomic E-state index is 11.0. The smallest absolute Gasteiger partial charge is 0.303 e. The van der Waals surface area contributed by atoms with Gasteiger partial charge < -0.3 is 5.11 Å². The van der Waals surface area contributed by atoms with Gasteiger partial charge >= 0.3 is 5.97 Å². The zero-order valence-electron chi connectivity index (χ0n) is 14.7. The first-order chi connectivity index (χ1) is 10.1. The molecule has 0 heterocycles. The van der Waals surface area contributed by atoms with Gasteiger partial charge in [0.1, 0.15) is 0 Å². The van der Waals surface area contributed by atoms with Gasteiger partial charge in [0.2, 0.25) is 0 Å². The average molecular weight is 299 g/mol. The third-order valence-corrected chi connectivity index (χ3v) is 4.53. The van der Waals surface area contributed by atoms with Crippen molar-refractivity contribution in [2.45, 2.75) is 104 Å². The highest BCUT2D eigenvalue weighted by molar-refractivity contribution is 5.66. The maximum Gasteiger partial charge on any atom is 0.303 e. The Morgan fingerprint density at radius 2 is 1.43 bits per heavy atom. The summed E-state index contributed by atoms with van der Waals surface area (Å²) in [6.45, 7) is 6.77. The number of aliphatic carboxylic acids is 1. The van der Waals surface area contributed by atoms with Gasteiger partial charge in [0.25, 0.3) is 0 Å². The molecule has 0 aliphatic heterocycles. The minimum atomic E-state index is -0.619. The second-order valence-electron chi connectivity index (χ2n) is 6.85. The lowest BCUT2D eigenvalue weighted by molar-refractivity contribution is -0.138. The van der Waals surface area contributed by atoms with Gasteiger partial charge in [-0.25, -0.2) is 0 Å². The van der Waals surface area contributed by atoms with Gasteiger partial charge in [-0.1, -0.05) is 85.0 Å². The molecular formula is C19H38O2. The van der Waals surface area contributed by atoms with E-state index >= 15 is 0 Å². The molecule has 0 spiro atoms. The van der Waals surface area contributed by atoms with Crippen molar-refractivity contribution in [1.82, 2.24) is 0 Å². The van der Waals surface area contributed by atoms with Gasteiger partial charge in [-0.2, -0.15) is 0 Å². The van der Waals surface area contributed by atoms with Crippen molar-refractivity contribution in [2.24, 2.45) is 11.8 Å². The molecule has 0 radical (unpaired) electrons. The average Bonchev–Trinajstić information content (AvgIpc) is 2.43. The molecule has 0 rings (SSSR count). The minimum absolute atomic E-state index is 0.370. The van der Waals surface area contributed by atoms with Crippen LogP contribution in [0.4, 0.5) is 0 Å². The molecule has 21 heavy (non-hydrogen) atoms. The summed E-state index contributed by atoms with van der Waals surface area (Å²) in [5.41, 5.74) is 0. The number of rotatable bonds is 15. The van der Waals surface area contributed by atoms with E-state index in [1.54, 1.807) is 0 Å². The molecule has 2 unspecified atom stereocenters. The summed E-state index contributed by atoms with van der Waals surface area (Å²) in [5.74, 6) is 0.531. The van der Waals surface area contributed by atoms with Crippen LogP contribution >= 0.6 is 0 Å². The molecule has 2 atom stereocenters. The van der Waals surface area contributed by atoms with Crippen molar-refractivity contribution in [2.75, 3.05) is 0 Å². The second-order valence-corrected chi connectivity index (χ2v) is 6.85. The molecule has 0 aliphatic carbocycles. The zero-order chi connectivity index (χ0) is 15.9. The molecule has 0 saturated carbocycles. The molecule has 0 aromatic rings. The van der Waals surface area contributed by atoms with Crippen LogP contribution in [0.5, 0.6) is 0 Å². The lowest BCUT2D eigenvalue weighted by Crippen LogP contribution is -2.10. The fourth-order valence-electron chi connectivity index (χ4n) is 3.14. The molecule has 0 saturated heterocycles. The van der Waals surface area contributed by atoms with Crippen molar-refractivity contribution < 1.29 is 9.90 Å². The molecule has 126 valence electrons. The lowest BCUT2D eigenvalue weighted by atomic mass is 9.88. The van der Waals surface area contributed by atoms with Crippen molar-refractivity contribution in [3.63, 3.8) is 0 Å². The Hall–Kier alpha value is -0.530. The van der Waals surface area contributed by atoms with Crippen molar-refractivity contribution in [3.05, 3.63) is 0 Å². The Morgan fingerprint density at radius 1 is 0.810 bits per heavy atom. The van der Waals surface area contributed by atoms with Crippen molar-refractivity contribution in [3.8, 4) is 0 Å². The fourth-order valence-corrected chi connectivity index (χ4v) is 3.14. The first kappa shape index (κ1) is 20.5. The molecule has 0 bridgehead atoms. The summed E-state index contributed by atoms with van der Waals surface area (Å²) in [6.07, 6.45) is 15.5. The molecular weight excluding hydrogens is 260 g/mol. The minimum Gasteiger partial charge on any atom is -0.481 e. The summed E-state index contributed by atoms with van der Waals surface area (Å²) < 4.78 is 0. The van der Waals surface area contributed by atoms with Gasteiger partial charge in [0.05, 0.1) is 0 Å². The highest BCUT2D eigenvalue weighted by Gasteiger charge is 2.14. The fraction of sp³-hybridized carbons (Fsp3) is 0.947. The summed E-state index contributed by atoms with van der Waals surface area (Å²) in [5, 5.41) is 9.05. The van der Waals surface area contributed by atoms with Crippen LogP contribution in [0, 0.1) is 11.8 Å². The summed E-state index contributed by atoms with van der Waals surface area (Å²) >= 11 is 0. The normalized spacial score (nSPS) is 14.0. The Labute approximate surface area is 132 Å². The Bertz CT molecular complexity index is 238. The third kappa shape index (κ3) is 14.2. The van der Waals surface area contributed by atoms with E-state index in [0.717, 1.165) is 18.8 Å². The number of carbonyl (C=O) groups is 1. The van der Waals surface area contributed by atoms with E-state index < -0.39 is 5.97 Å². The first-order valence-electron chi connectivity index (χ1n) is 9.31. The lowest BCUT2D eigenvalue weighted by Gasteiger charge is -2.17. The number of unbranched alkanes of at least 4 members (excludes halogenated alkanes) is 6. The Morgan fingerprint density at radius 3 is 2.00 bits per heavy atom. The van der Waals surface area contributed by atoms with E-state index in [0.29, 0.717) is 12.3 Å². The Balaban J connectivity index is 3.77. The molecule has 1 N–H and O–H groups in total. The van der Waals surface area contributed by atoms with Gasteiger partial charge in [-0.15, -0.1) is 0 Å². The quantitative estimate of drug-likeness (QED) is 0.353. The van der Waals surface area contributed by atoms with Gasteiger partial charge in [-0.3, -0.25) is 4.79 Å². The van der Waals surface area contributed by atoms with E-state index in [1.807, 2.05) is 0 Å². The molecule has 0 amide bonds. The maximum absolute atomic E-state index is 11.0. The van der Waals surface area contributed by atoms with Gasteiger partial charge in [0, 0.05) is 6.42 Å². The van der Waals surface area contributed by atoms with Crippen LogP contribution in [-0.4, -0.2) is 11.1 Å². The van der Waals surface area contributed by atoms with Crippen molar-refractivity contribution >= 4 is 5.97 Å². The number of hydrogen-bond acceptors (Lipinski definition) is 1. The monoisotopic (exact) mass is 298 g/mol. The van der Waals surface area contributed by atoms with Gasteiger partial charge in [0.15, 0.2) is 0 Å². The predicted octanol–water partition coefficient (Wildman–Crippen LogP) is 6.43. The van der Waals surface area contributed by atoms with E-state index in [-0.39, 0.29) is 0 Å². The topological polar surface area (TPSA) is 37.3 Å². The third-order valence-electron chi connectivity index (χ3n) is 4.53. The predicted molar refractivity (Wildman–Crippen MR) is 91.7 cm³/mol. The molecule has 2 nitrogen and oxygen atoms in total. The second kappa shape index (κ2) is 14.4. The van der Waals surface area contributed by atoms with Crippen LogP contribution in [0.1, 0.15) is 104 Å². The zero-order valence-corrected chi connectivity index (χ0v) is 14.7. The van der Waals surface area contributed by atoms with Crippen LogP contribution in [0.25, 0.3) is 0 Å². The van der Waals surface area contributed by atoms with Crippen LogP contribution in [-0.2, 0) is 4.79 Å². The van der Waals surface area contributed by atoms with E-state index in [2.05, 4.69) is 20.8 Å². The number of hydrogen-bond donors (Lipinski definition) is 1. The number of carboxylic acid groups (broad SMARTS) is 1. The highest BCUT2D eigenvalue weighted by Crippen LogP contribution is 2.24. The highest BCUT2D eigenvalue weighted by atomic mass is 16.4. The van der Waals surface area contributed by atoms with Crippen LogP contribution in [0.3, 0.4) is 0 Å². The summed E-state index contributed by atoms with van der Waals surface area (Å²) in [7, 11) is 0. The first-order valence-corrected chi connectivity index (χ1v) is 9.31. The van der Waals surface area contributed by atoms with Gasteiger partial charge in [-0.05, 0) is 24.7 Å². The van der Waals surface area contributed by atoms with Crippen LogP contribution < -0.4 is 0 Å². The summed E-state index contributed by atoms with van der Waals surface area (Å²) in [4.78, 5) is 11.0. The van der Waals surface area contributed by atoms with E-state index in [9.17, 15) is 4.79 Å². The Kier molecular flexibility index (Phi) is 14.0. The molecule has 0 aliphatic rings. The summed E-state index contributed by atoms with van der Waals surface area (Å²) in [6, 6.07) is 0. The molecule has 0 aromatic carbocycles. The number of carboxylic acids is 1. The van der Waals surface area contributed by atoms with Crippen molar-refractivity contribution in [1.29, 1.82) is 0 Å². The molecule has 2 heteroatoms. The van der Waals surface area contributed by atoms with E-state index in [1.165, 1.54) is 64.2 Å². The van der Waals surface area contributed by atoms with Crippen LogP contribution in [0.15, 0.2) is 0 Å². The molecule has 0 aromatic heterocycles. The standard InChI is InChI=1S/C19H38O2/c1-4-6-7-8-9-10-11-13-18(16-19(20)21)15-14-17(3)12-5-2/h17-18H,4-16H2,1-3H3,(H,20,21).